The average Bonchev–Trinajstić information content (AvgIpc) is 3.59. The summed E-state index contributed by atoms with van der Waals surface area (Å²) < 4.78 is 33.9. The number of hydrogen-bond donors (Lipinski definition) is 2. The summed E-state index contributed by atoms with van der Waals surface area (Å²) in [6.45, 7) is 0.293. The number of nitrogens with one attached hydrogen (secondary N) is 1. The molecule has 6 heterocycles. The van der Waals surface area contributed by atoms with E-state index in [0.717, 1.165) is 25.7 Å². The molecule has 0 aliphatic carbocycles. The molecule has 3 aliphatic heterocycles. The largest absolute Gasteiger partial charge is 0.465 e. The van der Waals surface area contributed by atoms with Crippen LogP contribution in [0.4, 0.5) is 25.3 Å². The van der Waals surface area contributed by atoms with Gasteiger partial charge >= 0.3 is 12.6 Å². The lowest BCUT2D eigenvalue weighted by Gasteiger charge is -2.37. The number of hydrogen-bond acceptors (Lipinski definition) is 8. The second-order valence-electron chi connectivity index (χ2n) is 9.51. The highest BCUT2D eigenvalue weighted by atomic mass is 19.3. The minimum absolute atomic E-state index is 0.0629. The third-order valence-electron chi connectivity index (χ3n) is 7.35. The highest BCUT2D eigenvalue weighted by Gasteiger charge is 2.43. The van der Waals surface area contributed by atoms with Gasteiger partial charge in [0.15, 0.2) is 17.0 Å². The number of aromatic nitrogens is 6. The highest BCUT2D eigenvalue weighted by Crippen LogP contribution is 2.39. The molecule has 6 rings (SSSR count). The van der Waals surface area contributed by atoms with E-state index in [9.17, 15) is 18.7 Å². The molecule has 2 bridgehead atoms. The molecule has 0 radical (unpaired) electrons. The maximum atomic E-state index is 13.1. The predicted molar refractivity (Wildman–Crippen MR) is 125 cm³/mol. The van der Waals surface area contributed by atoms with Gasteiger partial charge in [-0.15, -0.1) is 0 Å². The van der Waals surface area contributed by atoms with Crippen molar-refractivity contribution in [1.82, 2.24) is 34.2 Å². The van der Waals surface area contributed by atoms with E-state index in [1.54, 1.807) is 9.47 Å². The van der Waals surface area contributed by atoms with Crippen LogP contribution in [-0.2, 0) is 4.74 Å². The topological polar surface area (TPSA) is 126 Å². The lowest BCUT2D eigenvalue weighted by atomic mass is 9.91. The summed E-state index contributed by atoms with van der Waals surface area (Å²) in [5.74, 6) is 1.38. The number of halogens is 2. The summed E-state index contributed by atoms with van der Waals surface area (Å²) in [5.41, 5.74) is 1.44. The van der Waals surface area contributed by atoms with Crippen molar-refractivity contribution in [2.75, 3.05) is 43.1 Å². The van der Waals surface area contributed by atoms with E-state index in [4.69, 9.17) is 14.7 Å². The third kappa shape index (κ3) is 4.08. The number of morpholine rings is 1. The fourth-order valence-electron chi connectivity index (χ4n) is 5.67. The number of alkyl halides is 2. The number of fused-ring (bicyclic) bond motifs is 3. The van der Waals surface area contributed by atoms with Gasteiger partial charge < -0.3 is 25.0 Å². The van der Waals surface area contributed by atoms with Crippen molar-refractivity contribution in [1.29, 1.82) is 0 Å². The first kappa shape index (κ1) is 22.9. The van der Waals surface area contributed by atoms with Crippen LogP contribution in [0, 0.1) is 5.92 Å². The van der Waals surface area contributed by atoms with Crippen LogP contribution in [0.2, 0.25) is 0 Å². The quantitative estimate of drug-likeness (QED) is 0.522. The van der Waals surface area contributed by atoms with Crippen LogP contribution in [-0.4, -0.2) is 90.3 Å². The SMILES string of the molecule is O=C(O)N1C2CCC1CC(CNc1nc(N3CCOCC3)nc3c1ncn3-c1cnn(C(F)F)c1)C2. The first-order valence-electron chi connectivity index (χ1n) is 12.1. The van der Waals surface area contributed by atoms with Crippen LogP contribution in [0.3, 0.4) is 0 Å². The van der Waals surface area contributed by atoms with Gasteiger partial charge in [-0.05, 0) is 31.6 Å². The number of carbonyl (C=O) groups is 1. The number of carboxylic acid groups (broad SMARTS) is 1. The molecule has 0 saturated carbocycles. The van der Waals surface area contributed by atoms with Gasteiger partial charge in [0.2, 0.25) is 5.95 Å². The highest BCUT2D eigenvalue weighted by molar-refractivity contribution is 5.85. The van der Waals surface area contributed by atoms with E-state index in [1.807, 2.05) is 4.90 Å². The molecule has 3 aromatic heterocycles. The molecule has 2 atom stereocenters. The van der Waals surface area contributed by atoms with Gasteiger partial charge in [-0.2, -0.15) is 23.8 Å². The number of rotatable bonds is 6. The Bertz CT molecular complexity index is 1240. The molecule has 3 fully saturated rings. The van der Waals surface area contributed by atoms with Crippen LogP contribution >= 0.6 is 0 Å². The molecule has 0 spiro atoms. The summed E-state index contributed by atoms with van der Waals surface area (Å²) in [6, 6.07) is 0.126. The minimum Gasteiger partial charge on any atom is -0.465 e. The Hall–Kier alpha value is -3.55. The first-order valence-corrected chi connectivity index (χ1v) is 12.1. The molecule has 36 heavy (non-hydrogen) atoms. The second kappa shape index (κ2) is 9.15. The molecular formula is C22H27F2N9O3. The molecule has 3 aliphatic rings. The number of amides is 1. The molecule has 1 amide bonds. The van der Waals surface area contributed by atoms with Gasteiger partial charge in [0.25, 0.3) is 0 Å². The Labute approximate surface area is 204 Å². The predicted octanol–water partition coefficient (Wildman–Crippen LogP) is 2.58. The Balaban J connectivity index is 1.30. The molecule has 14 heteroatoms. The Kier molecular flexibility index (Phi) is 5.82. The zero-order chi connectivity index (χ0) is 24.8. The third-order valence-corrected chi connectivity index (χ3v) is 7.35. The molecule has 192 valence electrons. The van der Waals surface area contributed by atoms with Crippen molar-refractivity contribution in [2.45, 2.75) is 44.3 Å². The molecule has 2 N–H and O–H groups in total. The van der Waals surface area contributed by atoms with Crippen molar-refractivity contribution in [3.63, 3.8) is 0 Å². The zero-order valence-corrected chi connectivity index (χ0v) is 19.5. The lowest BCUT2D eigenvalue weighted by Crippen LogP contribution is -2.47. The van der Waals surface area contributed by atoms with Gasteiger partial charge in [-0.1, -0.05) is 0 Å². The van der Waals surface area contributed by atoms with Crippen molar-refractivity contribution < 1.29 is 23.4 Å². The van der Waals surface area contributed by atoms with Crippen LogP contribution < -0.4 is 10.2 Å². The van der Waals surface area contributed by atoms with Crippen LogP contribution in [0.5, 0.6) is 0 Å². The Morgan fingerprint density at radius 2 is 1.94 bits per heavy atom. The molecule has 2 unspecified atom stereocenters. The second-order valence-corrected chi connectivity index (χ2v) is 9.51. The Morgan fingerprint density at radius 3 is 2.61 bits per heavy atom. The average molecular weight is 504 g/mol. The van der Waals surface area contributed by atoms with Crippen molar-refractivity contribution in [3.8, 4) is 5.69 Å². The van der Waals surface area contributed by atoms with Crippen molar-refractivity contribution in [2.24, 2.45) is 5.92 Å². The zero-order valence-electron chi connectivity index (χ0n) is 19.5. The molecule has 0 aromatic carbocycles. The summed E-state index contributed by atoms with van der Waals surface area (Å²) in [4.78, 5) is 29.3. The number of nitrogens with zero attached hydrogens (tertiary/aromatic N) is 8. The normalized spacial score (nSPS) is 24.1. The monoisotopic (exact) mass is 503 g/mol. The standard InChI is InChI=1S/C22H27F2N9O3/c23-20(24)32-11-16(10-27-32)31-12-26-17-18(28-21(29-19(17)31)30-3-5-36-6-4-30)25-9-13-7-14-1-2-15(8-13)33(14)22(34)35/h10-15,20H,1-9H2,(H,34,35)(H,25,28,29). The number of piperidine rings is 1. The first-order chi connectivity index (χ1) is 17.5. The van der Waals surface area contributed by atoms with Crippen LogP contribution in [0.15, 0.2) is 18.7 Å². The maximum absolute atomic E-state index is 13.1. The van der Waals surface area contributed by atoms with Gasteiger partial charge in [0.05, 0.1) is 31.3 Å². The summed E-state index contributed by atoms with van der Waals surface area (Å²) in [5, 5.41) is 16.7. The van der Waals surface area contributed by atoms with Crippen LogP contribution in [0.1, 0.15) is 32.2 Å². The van der Waals surface area contributed by atoms with Gasteiger partial charge in [-0.3, -0.25) is 4.57 Å². The van der Waals surface area contributed by atoms with Gasteiger partial charge in [0.1, 0.15) is 6.33 Å². The fraction of sp³-hybridized carbons (Fsp3) is 0.591. The molecular weight excluding hydrogens is 476 g/mol. The van der Waals surface area contributed by atoms with E-state index in [1.165, 1.54) is 18.7 Å². The van der Waals surface area contributed by atoms with Crippen molar-refractivity contribution >= 4 is 29.0 Å². The van der Waals surface area contributed by atoms with Crippen molar-refractivity contribution in [3.05, 3.63) is 18.7 Å². The smallest absolute Gasteiger partial charge is 0.407 e. The van der Waals surface area contributed by atoms with Crippen LogP contribution in [0.25, 0.3) is 16.9 Å². The Morgan fingerprint density at radius 1 is 1.19 bits per heavy atom. The van der Waals surface area contributed by atoms with E-state index in [2.05, 4.69) is 15.4 Å². The van der Waals surface area contributed by atoms with Gasteiger partial charge in [0, 0.05) is 31.7 Å². The summed E-state index contributed by atoms with van der Waals surface area (Å²) >= 11 is 0. The number of ether oxygens (including phenoxy) is 1. The molecule has 12 nitrogen and oxygen atoms in total. The lowest BCUT2D eigenvalue weighted by molar-refractivity contribution is 0.0566. The fourth-order valence-corrected chi connectivity index (χ4v) is 5.67. The number of imidazole rings is 1. The molecule has 3 aromatic rings. The van der Waals surface area contributed by atoms with E-state index in [-0.39, 0.29) is 12.1 Å². The summed E-state index contributed by atoms with van der Waals surface area (Å²) in [7, 11) is 0. The summed E-state index contributed by atoms with van der Waals surface area (Å²) in [6.07, 6.45) is 6.73. The molecule has 3 saturated heterocycles. The van der Waals surface area contributed by atoms with Gasteiger partial charge in [-0.25, -0.2) is 14.5 Å². The van der Waals surface area contributed by atoms with E-state index >= 15 is 0 Å². The van der Waals surface area contributed by atoms with E-state index in [0.29, 0.717) is 72.1 Å². The maximum Gasteiger partial charge on any atom is 0.407 e. The minimum atomic E-state index is -2.74. The number of anilines is 2. The van der Waals surface area contributed by atoms with E-state index < -0.39 is 12.6 Å².